The molecule has 0 bridgehead atoms. The molecule has 1 aliphatic rings. The van der Waals surface area contributed by atoms with Crippen molar-refractivity contribution in [1.29, 1.82) is 0 Å². The number of rotatable bonds is 6. The first-order valence-corrected chi connectivity index (χ1v) is 8.45. The van der Waals surface area contributed by atoms with Gasteiger partial charge in [0.25, 0.3) is 0 Å². The van der Waals surface area contributed by atoms with Gasteiger partial charge in [0.2, 0.25) is 17.6 Å². The number of ether oxygens (including phenoxy) is 1. The molecule has 1 aliphatic heterocycles. The fourth-order valence-electron chi connectivity index (χ4n) is 2.70. The normalized spacial score (nSPS) is 17.7. The summed E-state index contributed by atoms with van der Waals surface area (Å²) < 4.78 is 10.5. The van der Waals surface area contributed by atoms with Crippen molar-refractivity contribution in [3.8, 4) is 11.4 Å². The largest absolute Gasteiger partial charge is 0.481 e. The molecule has 1 amide bonds. The molecule has 2 aromatic rings. The van der Waals surface area contributed by atoms with Crippen LogP contribution < -0.4 is 0 Å². The van der Waals surface area contributed by atoms with Crippen LogP contribution in [-0.2, 0) is 20.7 Å². The van der Waals surface area contributed by atoms with Gasteiger partial charge in [-0.1, -0.05) is 5.16 Å². The van der Waals surface area contributed by atoms with E-state index < -0.39 is 11.9 Å². The Hall–Kier alpha value is -2.81. The maximum atomic E-state index is 12.3. The molecule has 0 spiro atoms. The second kappa shape index (κ2) is 8.52. The van der Waals surface area contributed by atoms with Crippen LogP contribution in [0.2, 0.25) is 0 Å². The number of carbonyl (C=O) groups excluding carboxylic acids is 1. The summed E-state index contributed by atoms with van der Waals surface area (Å²) in [6, 6.07) is 3.63. The van der Waals surface area contributed by atoms with E-state index in [1.807, 2.05) is 6.07 Å². The highest BCUT2D eigenvalue weighted by atomic mass is 16.5. The first-order valence-electron chi connectivity index (χ1n) is 8.45. The summed E-state index contributed by atoms with van der Waals surface area (Å²) >= 11 is 0. The molecule has 0 radical (unpaired) electrons. The van der Waals surface area contributed by atoms with Gasteiger partial charge in [-0.05, 0) is 18.6 Å². The van der Waals surface area contributed by atoms with Gasteiger partial charge in [0.1, 0.15) is 0 Å². The van der Waals surface area contributed by atoms with Crippen molar-refractivity contribution in [2.45, 2.75) is 19.3 Å². The molecule has 1 unspecified atom stereocenters. The molecule has 3 heterocycles. The Morgan fingerprint density at radius 3 is 3.04 bits per heavy atom. The highest BCUT2D eigenvalue weighted by molar-refractivity contribution is 5.77. The molecule has 1 saturated heterocycles. The fraction of sp³-hybridized carbons (Fsp3) is 0.471. The van der Waals surface area contributed by atoms with Crippen molar-refractivity contribution in [3.05, 3.63) is 30.4 Å². The van der Waals surface area contributed by atoms with Gasteiger partial charge in [-0.15, -0.1) is 0 Å². The van der Waals surface area contributed by atoms with E-state index in [0.29, 0.717) is 37.7 Å². The molecule has 138 valence electrons. The molecule has 1 atom stereocenters. The molecule has 2 aromatic heterocycles. The third-order valence-corrected chi connectivity index (χ3v) is 4.14. The minimum Gasteiger partial charge on any atom is -0.481 e. The van der Waals surface area contributed by atoms with E-state index in [1.54, 1.807) is 23.4 Å². The molecule has 1 N–H and O–H groups in total. The first kappa shape index (κ1) is 18.0. The maximum absolute atomic E-state index is 12.3. The second-order valence-electron chi connectivity index (χ2n) is 6.06. The van der Waals surface area contributed by atoms with Gasteiger partial charge in [0, 0.05) is 43.9 Å². The van der Waals surface area contributed by atoms with Gasteiger partial charge in [-0.25, -0.2) is 0 Å². The van der Waals surface area contributed by atoms with Crippen LogP contribution in [-0.4, -0.2) is 63.3 Å². The average Bonchev–Trinajstić information content (AvgIpc) is 2.97. The van der Waals surface area contributed by atoms with Crippen LogP contribution in [0.25, 0.3) is 11.4 Å². The Kier molecular flexibility index (Phi) is 5.90. The number of aliphatic carboxylic acids is 1. The third-order valence-electron chi connectivity index (χ3n) is 4.14. The Morgan fingerprint density at radius 2 is 2.27 bits per heavy atom. The first-order chi connectivity index (χ1) is 12.6. The van der Waals surface area contributed by atoms with E-state index >= 15 is 0 Å². The van der Waals surface area contributed by atoms with E-state index in [0.717, 1.165) is 5.56 Å². The zero-order valence-corrected chi connectivity index (χ0v) is 14.2. The van der Waals surface area contributed by atoms with Crippen LogP contribution >= 0.6 is 0 Å². The van der Waals surface area contributed by atoms with E-state index in [1.165, 1.54) is 0 Å². The third kappa shape index (κ3) is 4.63. The molecule has 0 aliphatic carbocycles. The summed E-state index contributed by atoms with van der Waals surface area (Å²) in [5, 5.41) is 13.0. The lowest BCUT2D eigenvalue weighted by Gasteiger charge is -2.21. The number of hydrogen-bond donors (Lipinski definition) is 1. The number of carboxylic acids is 1. The highest BCUT2D eigenvalue weighted by Crippen LogP contribution is 2.15. The number of pyridine rings is 1. The maximum Gasteiger partial charge on any atom is 0.310 e. The monoisotopic (exact) mass is 360 g/mol. The molecule has 0 saturated carbocycles. The van der Waals surface area contributed by atoms with Gasteiger partial charge in [0.05, 0.1) is 19.1 Å². The zero-order chi connectivity index (χ0) is 18.4. The van der Waals surface area contributed by atoms with Crippen LogP contribution in [0.5, 0.6) is 0 Å². The number of aromatic nitrogens is 3. The molecule has 0 aromatic carbocycles. The predicted octanol–water partition coefficient (Wildman–Crippen LogP) is 1.01. The lowest BCUT2D eigenvalue weighted by molar-refractivity contribution is -0.144. The average molecular weight is 360 g/mol. The van der Waals surface area contributed by atoms with Crippen molar-refractivity contribution in [2.24, 2.45) is 5.92 Å². The van der Waals surface area contributed by atoms with E-state index in [-0.39, 0.29) is 25.5 Å². The lowest BCUT2D eigenvalue weighted by Crippen LogP contribution is -2.38. The molecule has 1 fully saturated rings. The second-order valence-corrected chi connectivity index (χ2v) is 6.06. The fourth-order valence-corrected chi connectivity index (χ4v) is 2.70. The summed E-state index contributed by atoms with van der Waals surface area (Å²) in [5.74, 6) is -0.792. The van der Waals surface area contributed by atoms with Crippen molar-refractivity contribution >= 4 is 11.9 Å². The summed E-state index contributed by atoms with van der Waals surface area (Å²) in [7, 11) is 0. The Bertz CT molecular complexity index is 749. The molecular formula is C17H20N4O5. The zero-order valence-electron chi connectivity index (χ0n) is 14.2. The number of nitrogens with zero attached hydrogens (tertiary/aromatic N) is 4. The van der Waals surface area contributed by atoms with Crippen molar-refractivity contribution in [2.75, 3.05) is 26.3 Å². The lowest BCUT2D eigenvalue weighted by atomic mass is 10.1. The highest BCUT2D eigenvalue weighted by Gasteiger charge is 2.26. The van der Waals surface area contributed by atoms with Crippen molar-refractivity contribution in [1.82, 2.24) is 20.0 Å². The number of hydrogen-bond acceptors (Lipinski definition) is 7. The topological polar surface area (TPSA) is 119 Å². The molecular weight excluding hydrogens is 340 g/mol. The van der Waals surface area contributed by atoms with Crippen LogP contribution in [0.15, 0.2) is 29.0 Å². The number of carbonyl (C=O) groups is 2. The predicted molar refractivity (Wildman–Crippen MR) is 89.0 cm³/mol. The molecule has 9 nitrogen and oxygen atoms in total. The standard InChI is InChI=1S/C17H20N4O5/c22-15(21-7-8-25-11-13(10-21)17(23)24)5-1-4-14-19-16(20-26-14)12-3-2-6-18-9-12/h2-3,6,9,13H,1,4-5,7-8,10-11H2,(H,23,24). The van der Waals surface area contributed by atoms with Gasteiger partial charge >= 0.3 is 5.97 Å². The summed E-state index contributed by atoms with van der Waals surface area (Å²) in [6.07, 6.45) is 4.63. The molecule has 26 heavy (non-hydrogen) atoms. The SMILES string of the molecule is O=C(O)C1COCCN(C(=O)CCCc2nc(-c3cccnc3)no2)C1. The van der Waals surface area contributed by atoms with E-state index in [4.69, 9.17) is 14.4 Å². The van der Waals surface area contributed by atoms with Gasteiger partial charge in [-0.3, -0.25) is 14.6 Å². The number of carboxylic acid groups (broad SMARTS) is 1. The van der Waals surface area contributed by atoms with Crippen molar-refractivity contribution in [3.63, 3.8) is 0 Å². The van der Waals surface area contributed by atoms with E-state index in [9.17, 15) is 9.59 Å². The quantitative estimate of drug-likeness (QED) is 0.811. The van der Waals surface area contributed by atoms with Gasteiger partial charge < -0.3 is 19.3 Å². The Balaban J connectivity index is 1.49. The molecule has 3 rings (SSSR count). The number of amides is 1. The van der Waals surface area contributed by atoms with Crippen LogP contribution in [0.3, 0.4) is 0 Å². The van der Waals surface area contributed by atoms with Gasteiger partial charge in [0.15, 0.2) is 0 Å². The number of aryl methyl sites for hydroxylation is 1. The smallest absolute Gasteiger partial charge is 0.310 e. The van der Waals surface area contributed by atoms with Crippen molar-refractivity contribution < 1.29 is 24.0 Å². The minimum atomic E-state index is -0.946. The Morgan fingerprint density at radius 1 is 1.38 bits per heavy atom. The summed E-state index contributed by atoms with van der Waals surface area (Å²) in [4.78, 5) is 33.3. The minimum absolute atomic E-state index is 0.0891. The summed E-state index contributed by atoms with van der Waals surface area (Å²) in [6.45, 7) is 1.08. The van der Waals surface area contributed by atoms with E-state index in [2.05, 4.69) is 15.1 Å². The van der Waals surface area contributed by atoms with Crippen LogP contribution in [0.1, 0.15) is 18.7 Å². The Labute approximate surface area is 150 Å². The summed E-state index contributed by atoms with van der Waals surface area (Å²) in [5.41, 5.74) is 0.767. The van der Waals surface area contributed by atoms with Crippen LogP contribution in [0, 0.1) is 5.92 Å². The molecule has 9 heteroatoms. The van der Waals surface area contributed by atoms with Crippen LogP contribution in [0.4, 0.5) is 0 Å². The van der Waals surface area contributed by atoms with Gasteiger partial charge in [-0.2, -0.15) is 4.98 Å².